The van der Waals surface area contributed by atoms with Crippen LogP contribution in [0.5, 0.6) is 0 Å². The lowest BCUT2D eigenvalue weighted by atomic mass is 9.89. The lowest BCUT2D eigenvalue weighted by Crippen LogP contribution is -2.40. The Labute approximate surface area is 235 Å². The molecular weight excluding hydrogens is 540 g/mol. The SMILES string of the molecule is C=CCCCCc1cc(F)cc(C)c1-c1ccc(F)c([C@H](CC(=O)OCC)NC(=O)[C@@H](CC=C)OS(C)(=O)=O)c1. The highest BCUT2D eigenvalue weighted by atomic mass is 32.2. The van der Waals surface area contributed by atoms with Crippen LogP contribution in [0.2, 0.25) is 0 Å². The largest absolute Gasteiger partial charge is 0.466 e. The van der Waals surface area contributed by atoms with Crippen molar-refractivity contribution in [3.05, 3.63) is 84.0 Å². The average molecular weight is 578 g/mol. The predicted molar refractivity (Wildman–Crippen MR) is 151 cm³/mol. The summed E-state index contributed by atoms with van der Waals surface area (Å²) in [5, 5.41) is 2.55. The maximum Gasteiger partial charge on any atom is 0.308 e. The fraction of sp³-hybridized carbons (Fsp3) is 0.400. The van der Waals surface area contributed by atoms with Gasteiger partial charge in [0.15, 0.2) is 6.10 Å². The number of aryl methyl sites for hydroxylation is 2. The maximum atomic E-state index is 15.3. The average Bonchev–Trinajstić information content (AvgIpc) is 2.85. The van der Waals surface area contributed by atoms with Crippen molar-refractivity contribution in [2.45, 2.75) is 64.5 Å². The number of esters is 1. The molecule has 1 amide bonds. The van der Waals surface area contributed by atoms with Gasteiger partial charge >= 0.3 is 5.97 Å². The van der Waals surface area contributed by atoms with Crippen LogP contribution in [-0.2, 0) is 35.0 Å². The van der Waals surface area contributed by atoms with E-state index >= 15 is 4.39 Å². The molecule has 0 saturated carbocycles. The van der Waals surface area contributed by atoms with Crippen molar-refractivity contribution in [1.29, 1.82) is 0 Å². The molecule has 0 aliphatic carbocycles. The summed E-state index contributed by atoms with van der Waals surface area (Å²) in [4.78, 5) is 25.5. The van der Waals surface area contributed by atoms with Gasteiger partial charge in [-0.1, -0.05) is 18.2 Å². The number of hydrogen-bond donors (Lipinski definition) is 1. The monoisotopic (exact) mass is 577 g/mol. The van der Waals surface area contributed by atoms with E-state index in [1.807, 2.05) is 6.08 Å². The third-order valence-electron chi connectivity index (χ3n) is 6.10. The van der Waals surface area contributed by atoms with Crippen LogP contribution in [0.25, 0.3) is 11.1 Å². The summed E-state index contributed by atoms with van der Waals surface area (Å²) in [5.41, 5.74) is 2.68. The number of unbranched alkanes of at least 4 members (excludes halogenated alkanes) is 2. The first-order valence-electron chi connectivity index (χ1n) is 13.0. The molecule has 2 atom stereocenters. The van der Waals surface area contributed by atoms with Crippen LogP contribution in [0.15, 0.2) is 55.6 Å². The summed E-state index contributed by atoms with van der Waals surface area (Å²) in [6, 6.07) is 5.92. The van der Waals surface area contributed by atoms with Gasteiger partial charge in [0.2, 0.25) is 0 Å². The van der Waals surface area contributed by atoms with E-state index in [0.29, 0.717) is 17.5 Å². The molecule has 0 bridgehead atoms. The van der Waals surface area contributed by atoms with Gasteiger partial charge in [0.25, 0.3) is 16.0 Å². The number of carbonyl (C=O) groups excluding carboxylic acids is 2. The topological polar surface area (TPSA) is 98.8 Å². The van der Waals surface area contributed by atoms with Gasteiger partial charge in [-0.05, 0) is 86.1 Å². The Hall–Kier alpha value is -3.37. The third kappa shape index (κ3) is 9.98. The quantitative estimate of drug-likeness (QED) is 0.116. The molecule has 0 saturated heterocycles. The number of nitrogens with one attached hydrogen (secondary N) is 1. The van der Waals surface area contributed by atoms with Crippen molar-refractivity contribution in [2.75, 3.05) is 12.9 Å². The summed E-state index contributed by atoms with van der Waals surface area (Å²) in [7, 11) is -4.01. The first kappa shape index (κ1) is 32.8. The van der Waals surface area contributed by atoms with E-state index in [9.17, 15) is 22.4 Å². The van der Waals surface area contributed by atoms with E-state index < -0.39 is 46.4 Å². The molecule has 2 aromatic rings. The molecule has 0 fully saturated rings. The molecule has 10 heteroatoms. The Morgan fingerprint density at radius 3 is 2.45 bits per heavy atom. The van der Waals surface area contributed by atoms with E-state index in [2.05, 4.69) is 18.5 Å². The van der Waals surface area contributed by atoms with Crippen LogP contribution in [0.1, 0.15) is 61.8 Å². The van der Waals surface area contributed by atoms with Crippen molar-refractivity contribution in [1.82, 2.24) is 5.32 Å². The maximum absolute atomic E-state index is 15.3. The minimum atomic E-state index is -4.01. The molecular formula is C30H37F2NO6S. The third-order valence-corrected chi connectivity index (χ3v) is 6.69. The van der Waals surface area contributed by atoms with E-state index in [1.54, 1.807) is 19.9 Å². The number of hydrogen-bond acceptors (Lipinski definition) is 6. The second kappa shape index (κ2) is 15.4. The molecule has 7 nitrogen and oxygen atoms in total. The number of carbonyl (C=O) groups is 2. The van der Waals surface area contributed by atoms with Gasteiger partial charge in [-0.3, -0.25) is 13.8 Å². The van der Waals surface area contributed by atoms with Crippen LogP contribution in [0, 0.1) is 18.6 Å². The first-order chi connectivity index (χ1) is 18.9. The van der Waals surface area contributed by atoms with Crippen LogP contribution in [-0.4, -0.2) is 39.3 Å². The summed E-state index contributed by atoms with van der Waals surface area (Å²) < 4.78 is 62.9. The fourth-order valence-corrected chi connectivity index (χ4v) is 5.02. The number of amides is 1. The molecule has 2 aromatic carbocycles. The number of allylic oxidation sites excluding steroid dienone is 1. The van der Waals surface area contributed by atoms with Gasteiger partial charge in [0.1, 0.15) is 11.6 Å². The highest BCUT2D eigenvalue weighted by Crippen LogP contribution is 2.33. The predicted octanol–water partition coefficient (Wildman–Crippen LogP) is 5.87. The highest BCUT2D eigenvalue weighted by molar-refractivity contribution is 7.86. The van der Waals surface area contributed by atoms with Crippen molar-refractivity contribution >= 4 is 22.0 Å². The summed E-state index contributed by atoms with van der Waals surface area (Å²) in [5.74, 6) is -2.64. The van der Waals surface area contributed by atoms with Crippen LogP contribution in [0.3, 0.4) is 0 Å². The summed E-state index contributed by atoms with van der Waals surface area (Å²) in [6.45, 7) is 10.7. The number of rotatable bonds is 16. The minimum absolute atomic E-state index is 0.0167. The van der Waals surface area contributed by atoms with E-state index in [1.165, 1.54) is 30.3 Å². The van der Waals surface area contributed by atoms with Crippen LogP contribution < -0.4 is 5.32 Å². The van der Waals surface area contributed by atoms with Gasteiger partial charge in [-0.2, -0.15) is 8.42 Å². The Balaban J connectivity index is 2.55. The van der Waals surface area contributed by atoms with Gasteiger partial charge < -0.3 is 10.1 Å². The molecule has 0 unspecified atom stereocenters. The van der Waals surface area contributed by atoms with Crippen molar-refractivity contribution < 1.29 is 35.7 Å². The van der Waals surface area contributed by atoms with Gasteiger partial charge in [-0.15, -0.1) is 13.2 Å². The lowest BCUT2D eigenvalue weighted by molar-refractivity contribution is -0.144. The minimum Gasteiger partial charge on any atom is -0.466 e. The smallest absolute Gasteiger partial charge is 0.308 e. The molecule has 0 radical (unpaired) electrons. The summed E-state index contributed by atoms with van der Waals surface area (Å²) >= 11 is 0. The van der Waals surface area contributed by atoms with Gasteiger partial charge in [-0.25, -0.2) is 8.78 Å². The first-order valence-corrected chi connectivity index (χ1v) is 14.9. The van der Waals surface area contributed by atoms with E-state index in [-0.39, 0.29) is 24.4 Å². The highest BCUT2D eigenvalue weighted by Gasteiger charge is 2.29. The molecule has 0 heterocycles. The zero-order valence-corrected chi connectivity index (χ0v) is 24.0. The van der Waals surface area contributed by atoms with E-state index in [4.69, 9.17) is 8.92 Å². The number of halogens is 2. The Bertz CT molecular complexity index is 1330. The summed E-state index contributed by atoms with van der Waals surface area (Å²) in [6.07, 6.45) is 4.99. The van der Waals surface area contributed by atoms with Crippen LogP contribution in [0.4, 0.5) is 8.78 Å². The standard InChI is InChI=1S/C30H37F2NO6S/c1-6-9-10-11-13-21-17-23(31)16-20(4)29(21)22-14-15-25(32)24(18-22)26(19-28(34)38-8-3)33-30(35)27(12-7-2)39-40(5,36)37/h6-7,14-18,26-27H,1-2,8-13,19H2,3-5H3,(H,33,35)/t26-,27+/m0/s1. The molecule has 0 aliphatic heterocycles. The van der Waals surface area contributed by atoms with Gasteiger partial charge in [0, 0.05) is 12.0 Å². The lowest BCUT2D eigenvalue weighted by Gasteiger charge is -2.23. The second-order valence-corrected chi connectivity index (χ2v) is 11.0. The zero-order chi connectivity index (χ0) is 29.9. The Morgan fingerprint density at radius 1 is 1.10 bits per heavy atom. The van der Waals surface area contributed by atoms with E-state index in [0.717, 1.165) is 36.6 Å². The Morgan fingerprint density at radius 2 is 1.82 bits per heavy atom. The molecule has 0 aromatic heterocycles. The molecule has 0 spiro atoms. The van der Waals surface area contributed by atoms with Crippen LogP contribution >= 0.6 is 0 Å². The fourth-order valence-electron chi connectivity index (χ4n) is 4.44. The van der Waals surface area contributed by atoms with Crippen molar-refractivity contribution in [2.24, 2.45) is 0 Å². The molecule has 0 aliphatic rings. The molecule has 1 N–H and O–H groups in total. The van der Waals surface area contributed by atoms with Gasteiger partial charge in [0.05, 0.1) is 25.3 Å². The Kier molecular flexibility index (Phi) is 12.7. The second-order valence-electron chi connectivity index (χ2n) is 9.41. The van der Waals surface area contributed by atoms with Crippen molar-refractivity contribution in [3.63, 3.8) is 0 Å². The molecule has 218 valence electrons. The normalized spacial score (nSPS) is 12.8. The molecule has 2 rings (SSSR count). The number of benzene rings is 2. The zero-order valence-electron chi connectivity index (χ0n) is 23.2. The number of ether oxygens (including phenoxy) is 1. The molecule has 40 heavy (non-hydrogen) atoms. The van der Waals surface area contributed by atoms with Crippen molar-refractivity contribution in [3.8, 4) is 11.1 Å².